The molecular weight excluding hydrogens is 303 g/mol. The number of hydrogen-bond donors (Lipinski definition) is 1. The molecule has 0 saturated carbocycles. The van der Waals surface area contributed by atoms with Crippen LogP contribution in [0.1, 0.15) is 29.2 Å². The molecule has 0 saturated heterocycles. The van der Waals surface area contributed by atoms with E-state index >= 15 is 0 Å². The predicted molar refractivity (Wildman–Crippen MR) is 85.4 cm³/mol. The number of aryl methyl sites for hydroxylation is 1. The van der Waals surface area contributed by atoms with E-state index in [1.807, 2.05) is 12.3 Å². The van der Waals surface area contributed by atoms with E-state index in [0.717, 1.165) is 10.7 Å². The molecule has 6 heteroatoms. The molecule has 0 spiro atoms. The van der Waals surface area contributed by atoms with E-state index in [-0.39, 0.29) is 17.7 Å². The lowest BCUT2D eigenvalue weighted by molar-refractivity contribution is -0.117. The molecule has 0 aliphatic rings. The largest absolute Gasteiger partial charge is 0.494 e. The van der Waals surface area contributed by atoms with Crippen molar-refractivity contribution in [1.29, 1.82) is 0 Å². The third-order valence-electron chi connectivity index (χ3n) is 3.08. The smallest absolute Gasteiger partial charge is 0.244 e. The second-order valence-corrected chi connectivity index (χ2v) is 5.81. The van der Waals surface area contributed by atoms with Gasteiger partial charge in [-0.1, -0.05) is 6.07 Å². The zero-order valence-electron chi connectivity index (χ0n) is 12.6. The number of nitrogens with zero attached hydrogens (tertiary/aromatic N) is 1. The topological polar surface area (TPSA) is 51.2 Å². The molecule has 1 amide bonds. The highest BCUT2D eigenvalue weighted by atomic mass is 32.1. The van der Waals surface area contributed by atoms with Crippen LogP contribution in [0.2, 0.25) is 0 Å². The molecule has 1 aromatic heterocycles. The van der Waals surface area contributed by atoms with Crippen LogP contribution in [0.15, 0.2) is 29.7 Å². The van der Waals surface area contributed by atoms with Crippen LogP contribution in [0.4, 0.5) is 4.39 Å². The molecule has 0 fully saturated rings. The SMILES string of the molecule is COc1ccc(C(C)NC(=O)/C=C/c2csc(C)n2)cc1F. The van der Waals surface area contributed by atoms with Crippen LogP contribution in [0.5, 0.6) is 5.75 Å². The fraction of sp³-hybridized carbons (Fsp3) is 0.250. The van der Waals surface area contributed by atoms with Crippen molar-refractivity contribution in [2.75, 3.05) is 7.11 Å². The van der Waals surface area contributed by atoms with Crippen molar-refractivity contribution in [1.82, 2.24) is 10.3 Å². The summed E-state index contributed by atoms with van der Waals surface area (Å²) in [6, 6.07) is 4.31. The third-order valence-corrected chi connectivity index (χ3v) is 3.87. The van der Waals surface area contributed by atoms with Crippen LogP contribution in [-0.2, 0) is 4.79 Å². The van der Waals surface area contributed by atoms with Gasteiger partial charge in [-0.15, -0.1) is 11.3 Å². The molecule has 22 heavy (non-hydrogen) atoms. The summed E-state index contributed by atoms with van der Waals surface area (Å²) in [6.07, 6.45) is 3.07. The summed E-state index contributed by atoms with van der Waals surface area (Å²) < 4.78 is 18.5. The number of carbonyl (C=O) groups is 1. The van der Waals surface area contributed by atoms with Crippen LogP contribution in [0.25, 0.3) is 6.08 Å². The summed E-state index contributed by atoms with van der Waals surface area (Å²) in [4.78, 5) is 16.1. The maximum Gasteiger partial charge on any atom is 0.244 e. The Kier molecular flexibility index (Phi) is 5.27. The highest BCUT2D eigenvalue weighted by molar-refractivity contribution is 7.09. The first-order valence-corrected chi connectivity index (χ1v) is 7.61. The van der Waals surface area contributed by atoms with Crippen LogP contribution in [0.3, 0.4) is 0 Å². The van der Waals surface area contributed by atoms with E-state index in [1.54, 1.807) is 25.1 Å². The van der Waals surface area contributed by atoms with E-state index in [0.29, 0.717) is 5.56 Å². The number of amides is 1. The summed E-state index contributed by atoms with van der Waals surface area (Å²) in [5, 5.41) is 5.60. The van der Waals surface area contributed by atoms with Gasteiger partial charge in [0.15, 0.2) is 11.6 Å². The first kappa shape index (κ1) is 16.2. The average Bonchev–Trinajstić information content (AvgIpc) is 2.90. The van der Waals surface area contributed by atoms with Crippen molar-refractivity contribution in [3.8, 4) is 5.75 Å². The van der Waals surface area contributed by atoms with Gasteiger partial charge in [0.05, 0.1) is 23.9 Å². The Morgan fingerprint density at radius 3 is 2.86 bits per heavy atom. The standard InChI is InChI=1S/C16H17FN2O2S/c1-10(12-4-6-15(21-3)14(17)8-12)18-16(20)7-5-13-9-22-11(2)19-13/h4-10H,1-3H3,(H,18,20)/b7-5+. The van der Waals surface area contributed by atoms with Gasteiger partial charge in [0.25, 0.3) is 0 Å². The van der Waals surface area contributed by atoms with Gasteiger partial charge in [0.2, 0.25) is 5.91 Å². The van der Waals surface area contributed by atoms with E-state index in [4.69, 9.17) is 4.74 Å². The van der Waals surface area contributed by atoms with Crippen molar-refractivity contribution in [2.45, 2.75) is 19.9 Å². The first-order valence-electron chi connectivity index (χ1n) is 6.73. The Morgan fingerprint density at radius 1 is 1.50 bits per heavy atom. The van der Waals surface area contributed by atoms with Crippen molar-refractivity contribution in [3.05, 3.63) is 51.7 Å². The summed E-state index contributed by atoms with van der Waals surface area (Å²) in [6.45, 7) is 3.70. The minimum Gasteiger partial charge on any atom is -0.494 e. The number of ether oxygens (including phenoxy) is 1. The molecule has 2 rings (SSSR count). The molecule has 0 aliphatic carbocycles. The first-order chi connectivity index (χ1) is 10.5. The van der Waals surface area contributed by atoms with Gasteiger partial charge in [-0.2, -0.15) is 0 Å². The Morgan fingerprint density at radius 2 is 2.27 bits per heavy atom. The number of rotatable bonds is 5. The highest BCUT2D eigenvalue weighted by Gasteiger charge is 2.11. The monoisotopic (exact) mass is 320 g/mol. The molecule has 116 valence electrons. The Labute approximate surface area is 132 Å². The second-order valence-electron chi connectivity index (χ2n) is 4.75. The van der Waals surface area contributed by atoms with Crippen LogP contribution >= 0.6 is 11.3 Å². The lowest BCUT2D eigenvalue weighted by atomic mass is 10.1. The summed E-state index contributed by atoms with van der Waals surface area (Å²) in [5.41, 5.74) is 1.42. The van der Waals surface area contributed by atoms with Crippen molar-refractivity contribution >= 4 is 23.3 Å². The molecule has 1 N–H and O–H groups in total. The van der Waals surface area contributed by atoms with Crippen LogP contribution < -0.4 is 10.1 Å². The van der Waals surface area contributed by atoms with E-state index in [9.17, 15) is 9.18 Å². The molecule has 1 atom stereocenters. The van der Waals surface area contributed by atoms with Gasteiger partial charge in [-0.05, 0) is 37.6 Å². The minimum atomic E-state index is -0.449. The van der Waals surface area contributed by atoms with Gasteiger partial charge in [-0.3, -0.25) is 4.79 Å². The predicted octanol–water partition coefficient (Wildman–Crippen LogP) is 3.49. The average molecular weight is 320 g/mol. The number of nitrogens with one attached hydrogen (secondary N) is 1. The van der Waals surface area contributed by atoms with Gasteiger partial charge < -0.3 is 10.1 Å². The maximum absolute atomic E-state index is 13.7. The van der Waals surface area contributed by atoms with E-state index in [1.165, 1.54) is 30.6 Å². The second kappa shape index (κ2) is 7.17. The maximum atomic E-state index is 13.7. The van der Waals surface area contributed by atoms with Gasteiger partial charge in [-0.25, -0.2) is 9.37 Å². The fourth-order valence-corrected chi connectivity index (χ4v) is 2.50. The minimum absolute atomic E-state index is 0.182. The molecule has 2 aromatic rings. The molecule has 0 bridgehead atoms. The molecule has 0 radical (unpaired) electrons. The van der Waals surface area contributed by atoms with Crippen molar-refractivity contribution in [3.63, 3.8) is 0 Å². The van der Waals surface area contributed by atoms with E-state index in [2.05, 4.69) is 10.3 Å². The van der Waals surface area contributed by atoms with Gasteiger partial charge >= 0.3 is 0 Å². The lowest BCUT2D eigenvalue weighted by Gasteiger charge is -2.14. The van der Waals surface area contributed by atoms with Crippen LogP contribution in [0, 0.1) is 12.7 Å². The number of halogens is 1. The Bertz CT molecular complexity index is 697. The Balaban J connectivity index is 1.99. The number of carbonyl (C=O) groups excluding carboxylic acids is 1. The van der Waals surface area contributed by atoms with Crippen molar-refractivity contribution in [2.24, 2.45) is 0 Å². The molecule has 1 unspecified atom stereocenters. The Hall–Kier alpha value is -2.21. The molecular formula is C16H17FN2O2S. The molecule has 0 aliphatic heterocycles. The fourth-order valence-electron chi connectivity index (χ4n) is 1.91. The zero-order valence-corrected chi connectivity index (χ0v) is 13.4. The quantitative estimate of drug-likeness (QED) is 0.858. The number of hydrogen-bond acceptors (Lipinski definition) is 4. The number of methoxy groups -OCH3 is 1. The summed E-state index contributed by atoms with van der Waals surface area (Å²) in [5.74, 6) is -0.523. The van der Waals surface area contributed by atoms with Gasteiger partial charge in [0.1, 0.15) is 0 Å². The molecule has 1 heterocycles. The lowest BCUT2D eigenvalue weighted by Crippen LogP contribution is -2.24. The summed E-state index contributed by atoms with van der Waals surface area (Å²) in [7, 11) is 1.41. The number of aromatic nitrogens is 1. The normalized spacial score (nSPS) is 12.4. The summed E-state index contributed by atoms with van der Waals surface area (Å²) >= 11 is 1.52. The van der Waals surface area contributed by atoms with Gasteiger partial charge in [0, 0.05) is 11.5 Å². The number of thiazole rings is 1. The molecule has 4 nitrogen and oxygen atoms in total. The third kappa shape index (κ3) is 4.14. The van der Waals surface area contributed by atoms with E-state index < -0.39 is 5.82 Å². The van der Waals surface area contributed by atoms with Crippen LogP contribution in [-0.4, -0.2) is 18.0 Å². The van der Waals surface area contributed by atoms with Crippen molar-refractivity contribution < 1.29 is 13.9 Å². The highest BCUT2D eigenvalue weighted by Crippen LogP contribution is 2.21. The molecule has 1 aromatic carbocycles. The number of benzene rings is 1. The zero-order chi connectivity index (χ0) is 16.1.